The van der Waals surface area contributed by atoms with Crippen LogP contribution in [0.2, 0.25) is 0 Å². The third kappa shape index (κ3) is 3.12. The molecular weight excluding hydrogens is 273 g/mol. The molecule has 0 aliphatic rings. The Balaban J connectivity index is 2.81. The second kappa shape index (κ2) is 5.55. The molecule has 1 aromatic rings. The number of rotatable bonds is 4. The summed E-state index contributed by atoms with van der Waals surface area (Å²) in [5.74, 6) is -0.532. The van der Waals surface area contributed by atoms with Crippen LogP contribution in [0.1, 0.15) is 19.4 Å². The molecule has 1 rings (SSSR count). The van der Waals surface area contributed by atoms with Gasteiger partial charge in [0.25, 0.3) is 0 Å². The number of nitrogens with two attached hydrogens (primary N) is 1. The third-order valence-electron chi connectivity index (χ3n) is 2.69. The summed E-state index contributed by atoms with van der Waals surface area (Å²) in [7, 11) is 0. The maximum atomic E-state index is 13.2. The quantitative estimate of drug-likeness (QED) is 0.925. The highest BCUT2D eigenvalue weighted by Crippen LogP contribution is 2.22. The van der Waals surface area contributed by atoms with Gasteiger partial charge in [0.2, 0.25) is 0 Å². The average molecular weight is 288 g/mol. The van der Waals surface area contributed by atoms with Crippen molar-refractivity contribution >= 4 is 21.7 Å². The number of ketones is 1. The number of carbonyl (C=O) groups is 1. The highest BCUT2D eigenvalue weighted by molar-refractivity contribution is 9.10. The van der Waals surface area contributed by atoms with Crippen LogP contribution in [0.15, 0.2) is 22.7 Å². The molecule has 0 saturated heterocycles. The van der Waals surface area contributed by atoms with Gasteiger partial charge >= 0.3 is 0 Å². The number of hydrogen-bond donors (Lipinski definition) is 1. The van der Waals surface area contributed by atoms with Crippen molar-refractivity contribution < 1.29 is 9.18 Å². The summed E-state index contributed by atoms with van der Waals surface area (Å²) in [4.78, 5) is 11.8. The standard InChI is InChI=1S/C12H15BrFNO/c1-7(8(2)15)11(16)6-9-4-3-5-10(14)12(9)13/h3-5,7-8H,6,15H2,1-2H3. The lowest BCUT2D eigenvalue weighted by atomic mass is 9.94. The van der Waals surface area contributed by atoms with E-state index < -0.39 is 0 Å². The number of halogens is 2. The molecule has 2 nitrogen and oxygen atoms in total. The Hall–Kier alpha value is -0.740. The Kier molecular flexibility index (Phi) is 4.62. The van der Waals surface area contributed by atoms with Gasteiger partial charge in [-0.15, -0.1) is 0 Å². The molecule has 4 heteroatoms. The first kappa shape index (κ1) is 13.3. The second-order valence-electron chi connectivity index (χ2n) is 4.00. The monoisotopic (exact) mass is 287 g/mol. The maximum Gasteiger partial charge on any atom is 0.141 e. The molecule has 0 radical (unpaired) electrons. The molecule has 16 heavy (non-hydrogen) atoms. The molecule has 0 amide bonds. The van der Waals surface area contributed by atoms with Gasteiger partial charge in [0.05, 0.1) is 4.47 Å². The molecule has 0 heterocycles. The molecule has 2 atom stereocenters. The molecule has 0 spiro atoms. The van der Waals surface area contributed by atoms with Crippen LogP contribution in [0.4, 0.5) is 4.39 Å². The minimum absolute atomic E-state index is 0.0290. The average Bonchev–Trinajstić information content (AvgIpc) is 2.23. The third-order valence-corrected chi connectivity index (χ3v) is 3.58. The van der Waals surface area contributed by atoms with Gasteiger partial charge in [0.1, 0.15) is 11.6 Å². The first-order valence-corrected chi connectivity index (χ1v) is 5.94. The minimum atomic E-state index is -0.348. The van der Waals surface area contributed by atoms with Crippen LogP contribution in [0.25, 0.3) is 0 Å². The van der Waals surface area contributed by atoms with Crippen LogP contribution in [0, 0.1) is 11.7 Å². The van der Waals surface area contributed by atoms with Gasteiger partial charge in [0, 0.05) is 18.4 Å². The van der Waals surface area contributed by atoms with E-state index in [1.54, 1.807) is 26.0 Å². The van der Waals surface area contributed by atoms with Gasteiger partial charge in [-0.3, -0.25) is 4.79 Å². The molecule has 0 bridgehead atoms. The van der Waals surface area contributed by atoms with Crippen molar-refractivity contribution in [2.45, 2.75) is 26.3 Å². The van der Waals surface area contributed by atoms with Crippen molar-refractivity contribution in [3.05, 3.63) is 34.1 Å². The van der Waals surface area contributed by atoms with Crippen LogP contribution >= 0.6 is 15.9 Å². The van der Waals surface area contributed by atoms with E-state index >= 15 is 0 Å². The van der Waals surface area contributed by atoms with E-state index in [0.717, 1.165) is 0 Å². The van der Waals surface area contributed by atoms with E-state index in [0.29, 0.717) is 10.0 Å². The SMILES string of the molecule is CC(N)C(C)C(=O)Cc1cccc(F)c1Br. The van der Waals surface area contributed by atoms with Gasteiger partial charge < -0.3 is 5.73 Å². The van der Waals surface area contributed by atoms with Crippen LogP contribution in [0.5, 0.6) is 0 Å². The van der Waals surface area contributed by atoms with Crippen molar-refractivity contribution in [2.75, 3.05) is 0 Å². The summed E-state index contributed by atoms with van der Waals surface area (Å²) in [6.07, 6.45) is 0.209. The first-order chi connectivity index (χ1) is 7.43. The maximum absolute atomic E-state index is 13.2. The van der Waals surface area contributed by atoms with Gasteiger partial charge in [-0.25, -0.2) is 4.39 Å². The minimum Gasteiger partial charge on any atom is -0.327 e. The zero-order chi connectivity index (χ0) is 12.3. The normalized spacial score (nSPS) is 14.6. The molecule has 1 aromatic carbocycles. The molecule has 88 valence electrons. The molecule has 0 saturated carbocycles. The van der Waals surface area contributed by atoms with Crippen LogP contribution in [-0.2, 0) is 11.2 Å². The molecule has 2 unspecified atom stereocenters. The Morgan fingerprint density at radius 3 is 2.69 bits per heavy atom. The Bertz CT molecular complexity index is 393. The van der Waals surface area contributed by atoms with Crippen molar-refractivity contribution in [2.24, 2.45) is 11.7 Å². The first-order valence-electron chi connectivity index (χ1n) is 5.14. The summed E-state index contributed by atoms with van der Waals surface area (Å²) in [5, 5.41) is 0. The smallest absolute Gasteiger partial charge is 0.141 e. The molecule has 0 aliphatic carbocycles. The van der Waals surface area contributed by atoms with Gasteiger partial charge in [-0.05, 0) is 34.5 Å². The van der Waals surface area contributed by atoms with Crippen molar-refractivity contribution in [3.8, 4) is 0 Å². The van der Waals surface area contributed by atoms with Crippen molar-refractivity contribution in [3.63, 3.8) is 0 Å². The van der Waals surface area contributed by atoms with Crippen molar-refractivity contribution in [1.29, 1.82) is 0 Å². The lowest BCUT2D eigenvalue weighted by Crippen LogP contribution is -2.31. The van der Waals surface area contributed by atoms with E-state index in [4.69, 9.17) is 5.73 Å². The fourth-order valence-electron chi connectivity index (χ4n) is 1.33. The van der Waals surface area contributed by atoms with E-state index in [1.165, 1.54) is 6.07 Å². The van der Waals surface area contributed by atoms with Gasteiger partial charge in [-0.1, -0.05) is 19.1 Å². The van der Waals surface area contributed by atoms with Crippen LogP contribution in [-0.4, -0.2) is 11.8 Å². The number of Topliss-reactive ketones (excluding diaryl/α,β-unsaturated/α-hetero) is 1. The van der Waals surface area contributed by atoms with E-state index in [9.17, 15) is 9.18 Å². The van der Waals surface area contributed by atoms with Gasteiger partial charge in [-0.2, -0.15) is 0 Å². The molecule has 0 fully saturated rings. The molecule has 0 aliphatic heterocycles. The molecular formula is C12H15BrFNO. The Morgan fingerprint density at radius 1 is 1.50 bits per heavy atom. The number of benzene rings is 1. The lowest BCUT2D eigenvalue weighted by Gasteiger charge is -2.14. The van der Waals surface area contributed by atoms with E-state index in [-0.39, 0.29) is 30.0 Å². The topological polar surface area (TPSA) is 43.1 Å². The zero-order valence-electron chi connectivity index (χ0n) is 9.34. The largest absolute Gasteiger partial charge is 0.327 e. The van der Waals surface area contributed by atoms with E-state index in [2.05, 4.69) is 15.9 Å². The number of carbonyl (C=O) groups excluding carboxylic acids is 1. The fourth-order valence-corrected chi connectivity index (χ4v) is 1.73. The van der Waals surface area contributed by atoms with Gasteiger partial charge in [0.15, 0.2) is 0 Å². The summed E-state index contributed by atoms with van der Waals surface area (Å²) in [6.45, 7) is 3.59. The summed E-state index contributed by atoms with van der Waals surface area (Å²) < 4.78 is 13.6. The summed E-state index contributed by atoms with van der Waals surface area (Å²) in [5.41, 5.74) is 6.32. The number of hydrogen-bond acceptors (Lipinski definition) is 2. The summed E-state index contributed by atoms with van der Waals surface area (Å²) in [6, 6.07) is 4.51. The van der Waals surface area contributed by atoms with Crippen LogP contribution in [0.3, 0.4) is 0 Å². The fraction of sp³-hybridized carbons (Fsp3) is 0.417. The highest BCUT2D eigenvalue weighted by Gasteiger charge is 2.18. The summed E-state index contributed by atoms with van der Waals surface area (Å²) >= 11 is 3.14. The highest BCUT2D eigenvalue weighted by atomic mass is 79.9. The predicted octanol–water partition coefficient (Wildman–Crippen LogP) is 2.68. The molecule has 2 N–H and O–H groups in total. The Morgan fingerprint density at radius 2 is 2.12 bits per heavy atom. The Labute approximate surface area is 103 Å². The second-order valence-corrected chi connectivity index (χ2v) is 4.80. The van der Waals surface area contributed by atoms with E-state index in [1.807, 2.05) is 0 Å². The van der Waals surface area contributed by atoms with Crippen molar-refractivity contribution in [1.82, 2.24) is 0 Å². The molecule has 0 aromatic heterocycles. The van der Waals surface area contributed by atoms with Crippen LogP contribution < -0.4 is 5.73 Å². The lowest BCUT2D eigenvalue weighted by molar-refractivity contribution is -0.122. The predicted molar refractivity (Wildman–Crippen MR) is 65.6 cm³/mol. The zero-order valence-corrected chi connectivity index (χ0v) is 10.9.